The van der Waals surface area contributed by atoms with Gasteiger partial charge in [0, 0.05) is 39.3 Å². The van der Waals surface area contributed by atoms with Gasteiger partial charge in [-0.25, -0.2) is 0 Å². The average Bonchev–Trinajstić information content (AvgIpc) is 2.56. The van der Waals surface area contributed by atoms with Crippen molar-refractivity contribution in [3.8, 4) is 0 Å². The first-order valence-corrected chi connectivity index (χ1v) is 8.49. The van der Waals surface area contributed by atoms with Crippen molar-refractivity contribution in [2.24, 2.45) is 5.41 Å². The summed E-state index contributed by atoms with van der Waals surface area (Å²) in [6, 6.07) is 0. The lowest BCUT2D eigenvalue weighted by Gasteiger charge is -2.44. The molecule has 0 aromatic rings. The SMILES string of the molecule is O=C(C(=O)N1CCC2(CCCCC2)CC1)N1CCNCC1. The Hall–Kier alpha value is -1.10. The number of hydrogen-bond donors (Lipinski definition) is 1. The highest BCUT2D eigenvalue weighted by atomic mass is 16.2. The molecule has 0 aromatic heterocycles. The fourth-order valence-corrected chi connectivity index (χ4v) is 4.12. The molecule has 1 spiro atoms. The van der Waals surface area contributed by atoms with Crippen LogP contribution in [-0.4, -0.2) is 60.9 Å². The van der Waals surface area contributed by atoms with Crippen LogP contribution in [0.2, 0.25) is 0 Å². The predicted octanol–water partition coefficient (Wildman–Crippen LogP) is 0.991. The zero-order chi connectivity index (χ0) is 14.7. The van der Waals surface area contributed by atoms with Gasteiger partial charge in [0.2, 0.25) is 0 Å². The van der Waals surface area contributed by atoms with E-state index in [-0.39, 0.29) is 11.8 Å². The smallest absolute Gasteiger partial charge is 0.312 e. The molecule has 118 valence electrons. The second-order valence-corrected chi connectivity index (χ2v) is 6.90. The van der Waals surface area contributed by atoms with E-state index in [4.69, 9.17) is 0 Å². The van der Waals surface area contributed by atoms with Crippen LogP contribution in [0, 0.1) is 5.41 Å². The van der Waals surface area contributed by atoms with Crippen molar-refractivity contribution in [2.45, 2.75) is 44.9 Å². The minimum absolute atomic E-state index is 0.275. The molecule has 0 aromatic carbocycles. The molecule has 2 saturated heterocycles. The minimum atomic E-state index is -0.295. The van der Waals surface area contributed by atoms with Crippen molar-refractivity contribution in [2.75, 3.05) is 39.3 Å². The van der Waals surface area contributed by atoms with E-state index in [0.29, 0.717) is 18.5 Å². The van der Waals surface area contributed by atoms with Crippen LogP contribution in [0.3, 0.4) is 0 Å². The van der Waals surface area contributed by atoms with Crippen LogP contribution in [-0.2, 0) is 9.59 Å². The summed E-state index contributed by atoms with van der Waals surface area (Å²) >= 11 is 0. The normalized spacial score (nSPS) is 25.9. The highest BCUT2D eigenvalue weighted by Gasteiger charge is 2.38. The van der Waals surface area contributed by atoms with Gasteiger partial charge in [0.15, 0.2) is 0 Å². The quantitative estimate of drug-likeness (QED) is 0.678. The first kappa shape index (κ1) is 14.8. The molecule has 3 aliphatic rings. The lowest BCUT2D eigenvalue weighted by Crippen LogP contribution is -2.54. The molecule has 2 amide bonds. The Morgan fingerprint density at radius 1 is 0.714 bits per heavy atom. The molecule has 21 heavy (non-hydrogen) atoms. The van der Waals surface area contributed by atoms with Gasteiger partial charge in [0.25, 0.3) is 0 Å². The summed E-state index contributed by atoms with van der Waals surface area (Å²) in [7, 11) is 0. The van der Waals surface area contributed by atoms with Gasteiger partial charge < -0.3 is 15.1 Å². The third-order valence-corrected chi connectivity index (χ3v) is 5.61. The van der Waals surface area contributed by atoms with Crippen LogP contribution in [0.4, 0.5) is 0 Å². The van der Waals surface area contributed by atoms with Gasteiger partial charge in [-0.3, -0.25) is 9.59 Å². The largest absolute Gasteiger partial charge is 0.334 e. The maximum Gasteiger partial charge on any atom is 0.312 e. The summed E-state index contributed by atoms with van der Waals surface area (Å²) in [5.74, 6) is -0.571. The van der Waals surface area contributed by atoms with Crippen molar-refractivity contribution < 1.29 is 9.59 Å². The van der Waals surface area contributed by atoms with Crippen molar-refractivity contribution >= 4 is 11.8 Å². The molecule has 2 heterocycles. The van der Waals surface area contributed by atoms with E-state index in [0.717, 1.165) is 39.0 Å². The van der Waals surface area contributed by atoms with Crippen LogP contribution in [0.5, 0.6) is 0 Å². The minimum Gasteiger partial charge on any atom is -0.334 e. The fourth-order valence-electron chi connectivity index (χ4n) is 4.12. The van der Waals surface area contributed by atoms with E-state index in [9.17, 15) is 9.59 Å². The Morgan fingerprint density at radius 2 is 1.24 bits per heavy atom. The van der Waals surface area contributed by atoms with Gasteiger partial charge in [-0.2, -0.15) is 0 Å². The Kier molecular flexibility index (Phi) is 4.48. The topological polar surface area (TPSA) is 52.7 Å². The molecule has 3 fully saturated rings. The van der Waals surface area contributed by atoms with E-state index in [2.05, 4.69) is 5.32 Å². The molecule has 1 N–H and O–H groups in total. The van der Waals surface area contributed by atoms with Gasteiger partial charge in [-0.1, -0.05) is 19.3 Å². The number of rotatable bonds is 0. The molecular formula is C16H27N3O2. The number of likely N-dealkylation sites (tertiary alicyclic amines) is 1. The summed E-state index contributed by atoms with van der Waals surface area (Å²) in [6.07, 6.45) is 8.87. The van der Waals surface area contributed by atoms with Gasteiger partial charge in [-0.15, -0.1) is 0 Å². The molecule has 0 radical (unpaired) electrons. The third-order valence-electron chi connectivity index (χ3n) is 5.61. The summed E-state index contributed by atoms with van der Waals surface area (Å²) in [5, 5.41) is 3.21. The lowest BCUT2D eigenvalue weighted by atomic mass is 9.68. The first-order chi connectivity index (χ1) is 10.2. The molecule has 5 nitrogen and oxygen atoms in total. The predicted molar refractivity (Wildman–Crippen MR) is 80.8 cm³/mol. The van der Waals surface area contributed by atoms with Gasteiger partial charge in [0.1, 0.15) is 0 Å². The monoisotopic (exact) mass is 293 g/mol. The van der Waals surface area contributed by atoms with E-state index < -0.39 is 0 Å². The summed E-state index contributed by atoms with van der Waals surface area (Å²) in [4.78, 5) is 28.1. The van der Waals surface area contributed by atoms with Crippen LogP contribution < -0.4 is 5.32 Å². The molecule has 1 saturated carbocycles. The van der Waals surface area contributed by atoms with E-state index in [1.807, 2.05) is 0 Å². The molecule has 2 aliphatic heterocycles. The highest BCUT2D eigenvalue weighted by Crippen LogP contribution is 2.44. The number of piperidine rings is 1. The summed E-state index contributed by atoms with van der Waals surface area (Å²) in [6.45, 7) is 4.45. The molecular weight excluding hydrogens is 266 g/mol. The van der Waals surface area contributed by atoms with Crippen molar-refractivity contribution in [1.29, 1.82) is 0 Å². The zero-order valence-electron chi connectivity index (χ0n) is 12.9. The maximum atomic E-state index is 12.4. The first-order valence-electron chi connectivity index (χ1n) is 8.49. The number of carbonyl (C=O) groups excluding carboxylic acids is 2. The summed E-state index contributed by atoms with van der Waals surface area (Å²) < 4.78 is 0. The Balaban J connectivity index is 1.53. The molecule has 5 heteroatoms. The standard InChI is InChI=1S/C16H27N3O2/c20-14(15(21)19-12-8-17-9-13-19)18-10-6-16(7-11-18)4-2-1-3-5-16/h17H,1-13H2. The molecule has 3 rings (SSSR count). The van der Waals surface area contributed by atoms with Gasteiger partial charge in [0.05, 0.1) is 0 Å². The second kappa shape index (κ2) is 6.34. The Morgan fingerprint density at radius 3 is 1.81 bits per heavy atom. The number of nitrogens with zero attached hydrogens (tertiary/aromatic N) is 2. The number of amides is 2. The highest BCUT2D eigenvalue weighted by molar-refractivity contribution is 6.34. The summed E-state index contributed by atoms with van der Waals surface area (Å²) in [5.41, 5.74) is 0.479. The van der Waals surface area contributed by atoms with Gasteiger partial charge >= 0.3 is 11.8 Å². The van der Waals surface area contributed by atoms with Crippen LogP contribution in [0.1, 0.15) is 44.9 Å². The molecule has 1 aliphatic carbocycles. The van der Waals surface area contributed by atoms with E-state index in [1.165, 1.54) is 32.1 Å². The van der Waals surface area contributed by atoms with Gasteiger partial charge in [-0.05, 0) is 31.1 Å². The molecule has 0 bridgehead atoms. The van der Waals surface area contributed by atoms with E-state index >= 15 is 0 Å². The fraction of sp³-hybridized carbons (Fsp3) is 0.875. The van der Waals surface area contributed by atoms with Crippen molar-refractivity contribution in [3.63, 3.8) is 0 Å². The number of piperazine rings is 1. The van der Waals surface area contributed by atoms with Crippen molar-refractivity contribution in [3.05, 3.63) is 0 Å². The van der Waals surface area contributed by atoms with Crippen LogP contribution in [0.15, 0.2) is 0 Å². The number of hydrogen-bond acceptors (Lipinski definition) is 3. The van der Waals surface area contributed by atoms with Crippen LogP contribution in [0.25, 0.3) is 0 Å². The number of carbonyl (C=O) groups is 2. The maximum absolute atomic E-state index is 12.4. The molecule has 0 unspecified atom stereocenters. The number of nitrogens with one attached hydrogen (secondary N) is 1. The second-order valence-electron chi connectivity index (χ2n) is 6.90. The van der Waals surface area contributed by atoms with Crippen molar-refractivity contribution in [1.82, 2.24) is 15.1 Å². The average molecular weight is 293 g/mol. The van der Waals surface area contributed by atoms with E-state index in [1.54, 1.807) is 9.80 Å². The lowest BCUT2D eigenvalue weighted by molar-refractivity contribution is -0.153. The third kappa shape index (κ3) is 3.23. The Labute approximate surface area is 127 Å². The zero-order valence-corrected chi connectivity index (χ0v) is 12.9. The molecule has 0 atom stereocenters. The van der Waals surface area contributed by atoms with Crippen LogP contribution >= 0.6 is 0 Å². The Bertz CT molecular complexity index is 388.